The van der Waals surface area contributed by atoms with Crippen LogP contribution >= 0.6 is 22.6 Å². The van der Waals surface area contributed by atoms with Crippen LogP contribution in [0.2, 0.25) is 0 Å². The van der Waals surface area contributed by atoms with Crippen molar-refractivity contribution in [1.82, 2.24) is 4.90 Å². The first-order valence-electron chi connectivity index (χ1n) is 6.84. The molecule has 110 valence electrons. The van der Waals surface area contributed by atoms with E-state index < -0.39 is 0 Å². The number of fused-ring (bicyclic) bond motifs is 1. The summed E-state index contributed by atoms with van der Waals surface area (Å²) in [6.07, 6.45) is 5.83. The molecule has 1 aliphatic carbocycles. The molecule has 0 saturated carbocycles. The van der Waals surface area contributed by atoms with Crippen LogP contribution in [0.5, 0.6) is 0 Å². The third-order valence-electron chi connectivity index (χ3n) is 3.79. The quantitative estimate of drug-likeness (QED) is 0.521. The number of likely N-dealkylation sites (N-methyl/N-ethyl adjacent to an activating group) is 1. The first kappa shape index (κ1) is 15.3. The Labute approximate surface area is 148 Å². The van der Waals surface area contributed by atoms with Gasteiger partial charge >= 0.3 is 0 Å². The zero-order chi connectivity index (χ0) is 16.6. The van der Waals surface area contributed by atoms with E-state index in [1.807, 2.05) is 66.7 Å². The summed E-state index contributed by atoms with van der Waals surface area (Å²) in [5.41, 5.74) is 3.88. The molecule has 2 aliphatic rings. The Morgan fingerprint density at radius 2 is 1.78 bits per heavy atom. The molecular formula is C18H11IN4. The number of nitrogens with one attached hydrogen (secondary N) is 1. The summed E-state index contributed by atoms with van der Waals surface area (Å²) in [6, 6.07) is 11.4. The van der Waals surface area contributed by atoms with Crippen LogP contribution in [0.25, 0.3) is 5.57 Å². The monoisotopic (exact) mass is 410 g/mol. The summed E-state index contributed by atoms with van der Waals surface area (Å²) in [7, 11) is 1.90. The lowest BCUT2D eigenvalue weighted by atomic mass is 9.97. The van der Waals surface area contributed by atoms with Crippen LogP contribution in [0, 0.1) is 28.1 Å². The zero-order valence-electron chi connectivity index (χ0n) is 12.3. The van der Waals surface area contributed by atoms with Gasteiger partial charge in [0.1, 0.15) is 17.7 Å². The maximum Gasteiger partial charge on any atom is 0.138 e. The number of halogens is 1. The lowest BCUT2D eigenvalue weighted by Gasteiger charge is -2.22. The fourth-order valence-corrected chi connectivity index (χ4v) is 3.40. The van der Waals surface area contributed by atoms with Crippen molar-refractivity contribution in [2.24, 2.45) is 0 Å². The second kappa shape index (κ2) is 5.86. The molecule has 0 aromatic heterocycles. The van der Waals surface area contributed by atoms with Gasteiger partial charge in [0, 0.05) is 33.5 Å². The van der Waals surface area contributed by atoms with E-state index in [1.165, 1.54) is 0 Å². The van der Waals surface area contributed by atoms with Crippen LogP contribution in [-0.2, 0) is 0 Å². The topological polar surface area (TPSA) is 74.7 Å². The molecule has 3 rings (SSSR count). The van der Waals surface area contributed by atoms with Crippen LogP contribution in [0.4, 0.5) is 0 Å². The Morgan fingerprint density at radius 3 is 2.39 bits per heavy atom. The predicted octanol–water partition coefficient (Wildman–Crippen LogP) is 3.90. The van der Waals surface area contributed by atoms with Gasteiger partial charge in [-0.05, 0) is 40.3 Å². The van der Waals surface area contributed by atoms with Crippen LogP contribution in [0.15, 0.2) is 63.0 Å². The molecule has 0 atom stereocenters. The largest absolute Gasteiger partial charge is 0.349 e. The number of benzene rings is 1. The highest BCUT2D eigenvalue weighted by Crippen LogP contribution is 2.41. The molecule has 1 heterocycles. The Balaban J connectivity index is 2.37. The molecule has 1 aromatic rings. The predicted molar refractivity (Wildman–Crippen MR) is 97.4 cm³/mol. The highest BCUT2D eigenvalue weighted by molar-refractivity contribution is 14.1. The van der Waals surface area contributed by atoms with Gasteiger partial charge in [-0.3, -0.25) is 5.41 Å². The zero-order valence-corrected chi connectivity index (χ0v) is 14.4. The average Bonchev–Trinajstić information content (AvgIpc) is 2.83. The van der Waals surface area contributed by atoms with Gasteiger partial charge in [-0.15, -0.1) is 0 Å². The van der Waals surface area contributed by atoms with Crippen molar-refractivity contribution in [2.75, 3.05) is 7.05 Å². The summed E-state index contributed by atoms with van der Waals surface area (Å²) in [6.45, 7) is 0. The van der Waals surface area contributed by atoms with Crippen LogP contribution in [-0.4, -0.2) is 17.7 Å². The standard InChI is InChI=1S/C18H11IN4/c1-23-10-12(19)6-7-15(23)17-16(11(8-20)9-21)13-4-2-3-5-14(13)18(17)22/h2-7,10,22H,1H3/b17-15-,22-18?. The highest BCUT2D eigenvalue weighted by Gasteiger charge is 2.32. The molecule has 5 heteroatoms. The minimum absolute atomic E-state index is 0.0354. The maximum absolute atomic E-state index is 9.35. The summed E-state index contributed by atoms with van der Waals surface area (Å²) in [5.74, 6) is 0. The van der Waals surface area contributed by atoms with Crippen LogP contribution in [0.1, 0.15) is 11.1 Å². The fourth-order valence-electron chi connectivity index (χ4n) is 2.80. The second-order valence-electron chi connectivity index (χ2n) is 5.11. The van der Waals surface area contributed by atoms with Crippen molar-refractivity contribution in [3.05, 3.63) is 74.2 Å². The SMILES string of the molecule is CN1C=C(I)C=C/C1=C1/C(=N)c2ccccc2C1=C(C#N)C#N. The van der Waals surface area contributed by atoms with Crippen molar-refractivity contribution in [2.45, 2.75) is 0 Å². The molecule has 0 bridgehead atoms. The highest BCUT2D eigenvalue weighted by atomic mass is 127. The van der Waals surface area contributed by atoms with E-state index in [9.17, 15) is 10.5 Å². The van der Waals surface area contributed by atoms with Crippen molar-refractivity contribution in [3.63, 3.8) is 0 Å². The molecule has 0 fully saturated rings. The summed E-state index contributed by atoms with van der Waals surface area (Å²) in [4.78, 5) is 1.92. The van der Waals surface area contributed by atoms with Crippen molar-refractivity contribution in [1.29, 1.82) is 15.9 Å². The van der Waals surface area contributed by atoms with E-state index in [0.29, 0.717) is 16.9 Å². The first-order chi connectivity index (χ1) is 11.1. The normalized spacial score (nSPS) is 19.1. The molecule has 1 N–H and O–H groups in total. The van der Waals surface area contributed by atoms with Gasteiger partial charge in [-0.2, -0.15) is 10.5 Å². The van der Waals surface area contributed by atoms with E-state index in [-0.39, 0.29) is 5.57 Å². The van der Waals surface area contributed by atoms with Crippen molar-refractivity contribution in [3.8, 4) is 12.1 Å². The van der Waals surface area contributed by atoms with Gasteiger partial charge in [0.2, 0.25) is 0 Å². The Bertz CT molecular complexity index is 917. The summed E-state index contributed by atoms with van der Waals surface area (Å²) >= 11 is 2.22. The lowest BCUT2D eigenvalue weighted by molar-refractivity contribution is 0.581. The molecule has 1 aliphatic heterocycles. The average molecular weight is 410 g/mol. The van der Waals surface area contributed by atoms with Gasteiger partial charge in [0.05, 0.1) is 11.4 Å². The minimum Gasteiger partial charge on any atom is -0.349 e. The van der Waals surface area contributed by atoms with Gasteiger partial charge in [-0.25, -0.2) is 0 Å². The smallest absolute Gasteiger partial charge is 0.138 e. The molecular weight excluding hydrogens is 399 g/mol. The summed E-state index contributed by atoms with van der Waals surface area (Å²) < 4.78 is 1.07. The molecule has 0 unspecified atom stereocenters. The van der Waals surface area contributed by atoms with Crippen molar-refractivity contribution >= 4 is 33.9 Å². The fraction of sp³-hybridized carbons (Fsp3) is 0.0556. The molecule has 1 aromatic carbocycles. The van der Waals surface area contributed by atoms with Gasteiger partial charge in [0.25, 0.3) is 0 Å². The number of rotatable bonds is 0. The third-order valence-corrected chi connectivity index (χ3v) is 4.43. The number of nitrogens with zero attached hydrogens (tertiary/aromatic N) is 3. The number of hydrogen-bond donors (Lipinski definition) is 1. The second-order valence-corrected chi connectivity index (χ2v) is 6.36. The lowest BCUT2D eigenvalue weighted by Crippen LogP contribution is -2.16. The Morgan fingerprint density at radius 1 is 1.13 bits per heavy atom. The van der Waals surface area contributed by atoms with E-state index >= 15 is 0 Å². The number of allylic oxidation sites excluding steroid dienone is 6. The van der Waals surface area contributed by atoms with Crippen LogP contribution < -0.4 is 0 Å². The molecule has 0 amide bonds. The van der Waals surface area contributed by atoms with Gasteiger partial charge < -0.3 is 4.90 Å². The van der Waals surface area contributed by atoms with Gasteiger partial charge in [-0.1, -0.05) is 24.3 Å². The molecule has 0 radical (unpaired) electrons. The Kier molecular flexibility index (Phi) is 3.89. The molecule has 0 saturated heterocycles. The van der Waals surface area contributed by atoms with Crippen LogP contribution in [0.3, 0.4) is 0 Å². The van der Waals surface area contributed by atoms with E-state index in [2.05, 4.69) is 22.6 Å². The van der Waals surface area contributed by atoms with Gasteiger partial charge in [0.15, 0.2) is 0 Å². The molecule has 4 nitrogen and oxygen atoms in total. The van der Waals surface area contributed by atoms with E-state index in [0.717, 1.165) is 20.4 Å². The molecule has 0 spiro atoms. The first-order valence-corrected chi connectivity index (χ1v) is 7.92. The maximum atomic E-state index is 9.35. The van der Waals surface area contributed by atoms with E-state index in [1.54, 1.807) is 0 Å². The number of hydrogen-bond acceptors (Lipinski definition) is 4. The number of nitriles is 2. The van der Waals surface area contributed by atoms with Crippen molar-refractivity contribution < 1.29 is 0 Å². The minimum atomic E-state index is 0.0354. The summed E-state index contributed by atoms with van der Waals surface area (Å²) in [5, 5.41) is 27.3. The third kappa shape index (κ3) is 2.39. The Hall–Kier alpha value is -2.64. The molecule has 23 heavy (non-hydrogen) atoms. The van der Waals surface area contributed by atoms with E-state index in [4.69, 9.17) is 5.41 Å².